The first kappa shape index (κ1) is 40.9. The largest absolute Gasteiger partial charge is 0.311 e. The molecule has 70 heavy (non-hydrogen) atoms. The zero-order chi connectivity index (χ0) is 46.4. The molecule has 0 amide bonds. The fourth-order valence-corrected chi connectivity index (χ4v) is 10.3. The van der Waals surface area contributed by atoms with E-state index < -0.39 is 0 Å². The Balaban J connectivity index is 0.992. The summed E-state index contributed by atoms with van der Waals surface area (Å²) in [7, 11) is 0. The van der Waals surface area contributed by atoms with Crippen LogP contribution in [-0.2, 0) is 0 Å². The van der Waals surface area contributed by atoms with E-state index in [-0.39, 0.29) is 0 Å². The summed E-state index contributed by atoms with van der Waals surface area (Å²) in [6.07, 6.45) is 0. The van der Waals surface area contributed by atoms with Crippen molar-refractivity contribution < 1.29 is 0 Å². The van der Waals surface area contributed by atoms with E-state index in [4.69, 9.17) is 0 Å². The van der Waals surface area contributed by atoms with Gasteiger partial charge in [0.25, 0.3) is 0 Å². The van der Waals surface area contributed by atoms with Gasteiger partial charge in [0.1, 0.15) is 0 Å². The molecule has 13 aromatic rings. The third-order valence-corrected chi connectivity index (χ3v) is 13.6. The average molecular weight is 895 g/mol. The smallest absolute Gasteiger partial charge is 0.0542 e. The van der Waals surface area contributed by atoms with Gasteiger partial charge in [-0.3, -0.25) is 0 Å². The van der Waals surface area contributed by atoms with Crippen molar-refractivity contribution in [3.8, 4) is 33.9 Å². The number of fused-ring (bicyclic) bond motifs is 4. The lowest BCUT2D eigenvalue weighted by Gasteiger charge is -2.25. The Morgan fingerprint density at radius 1 is 0.214 bits per heavy atom. The van der Waals surface area contributed by atoms with Crippen molar-refractivity contribution in [2.24, 2.45) is 0 Å². The van der Waals surface area contributed by atoms with Gasteiger partial charge in [-0.15, -0.1) is 0 Å². The second kappa shape index (κ2) is 17.4. The highest BCUT2D eigenvalue weighted by molar-refractivity contribution is 6.03. The van der Waals surface area contributed by atoms with Crippen LogP contribution >= 0.6 is 0 Å². The minimum atomic E-state index is 1.10. The van der Waals surface area contributed by atoms with E-state index in [1.54, 1.807) is 0 Å². The fourth-order valence-electron chi connectivity index (χ4n) is 10.3. The number of aromatic nitrogens is 2. The third-order valence-electron chi connectivity index (χ3n) is 13.6. The standard InChI is InChI=1S/C66H46N4/c1-5-21-55(22-6-1)67(56-23-7-2-8-24-56)59-35-31-49(32-36-59)63-43-53-45-66-54(46-65(53)69(63)61-39-29-47-17-13-15-19-51(47)41-61)44-64(70(66)62-40-30-48-18-14-16-20-52(48)42-62)50-33-37-60(38-34-50)68(57-25-9-3-10-26-57)58-27-11-4-12-28-58/h1-46H. The van der Waals surface area contributed by atoms with Crippen LogP contribution in [0.1, 0.15) is 0 Å². The topological polar surface area (TPSA) is 16.3 Å². The Morgan fingerprint density at radius 2 is 0.514 bits per heavy atom. The second-order valence-electron chi connectivity index (χ2n) is 17.9. The molecule has 0 unspecified atom stereocenters. The summed E-state index contributed by atoms with van der Waals surface area (Å²) in [6.45, 7) is 0. The van der Waals surface area contributed by atoms with Crippen LogP contribution in [-0.4, -0.2) is 9.13 Å². The highest BCUT2D eigenvalue weighted by Gasteiger charge is 2.21. The number of nitrogens with zero attached hydrogens (tertiary/aromatic N) is 4. The summed E-state index contributed by atoms with van der Waals surface area (Å²) < 4.78 is 4.90. The van der Waals surface area contributed by atoms with E-state index in [0.29, 0.717) is 0 Å². The molecule has 4 nitrogen and oxygen atoms in total. The summed E-state index contributed by atoms with van der Waals surface area (Å²) in [4.78, 5) is 4.63. The first-order valence-corrected chi connectivity index (χ1v) is 23.9. The lowest BCUT2D eigenvalue weighted by Crippen LogP contribution is -2.09. The van der Waals surface area contributed by atoms with Crippen LogP contribution in [0.15, 0.2) is 279 Å². The van der Waals surface area contributed by atoms with Crippen molar-refractivity contribution in [2.45, 2.75) is 0 Å². The number of rotatable bonds is 10. The van der Waals surface area contributed by atoms with Crippen molar-refractivity contribution in [1.82, 2.24) is 9.13 Å². The molecule has 330 valence electrons. The molecule has 11 aromatic carbocycles. The summed E-state index contributed by atoms with van der Waals surface area (Å²) >= 11 is 0. The highest BCUT2D eigenvalue weighted by Crippen LogP contribution is 2.42. The van der Waals surface area contributed by atoms with E-state index in [2.05, 4.69) is 298 Å². The highest BCUT2D eigenvalue weighted by atomic mass is 15.1. The Labute approximate surface area is 407 Å². The number of anilines is 6. The minimum absolute atomic E-state index is 1.10. The van der Waals surface area contributed by atoms with Gasteiger partial charge in [-0.05, 0) is 154 Å². The van der Waals surface area contributed by atoms with Gasteiger partial charge in [0.05, 0.1) is 22.4 Å². The molecule has 0 aliphatic heterocycles. The Morgan fingerprint density at radius 3 is 0.857 bits per heavy atom. The van der Waals surface area contributed by atoms with Gasteiger partial charge in [0, 0.05) is 56.3 Å². The van der Waals surface area contributed by atoms with Crippen LogP contribution in [0.4, 0.5) is 34.1 Å². The molecule has 0 saturated heterocycles. The fraction of sp³-hybridized carbons (Fsp3) is 0. The molecule has 0 N–H and O–H groups in total. The van der Waals surface area contributed by atoms with Gasteiger partial charge in [-0.25, -0.2) is 0 Å². The molecule has 0 aliphatic rings. The van der Waals surface area contributed by atoms with Crippen LogP contribution in [0, 0.1) is 0 Å². The normalized spacial score (nSPS) is 11.4. The van der Waals surface area contributed by atoms with E-state index >= 15 is 0 Å². The van der Waals surface area contributed by atoms with Crippen LogP contribution in [0.5, 0.6) is 0 Å². The lowest BCUT2D eigenvalue weighted by atomic mass is 10.1. The molecular weight excluding hydrogens is 849 g/mol. The first-order valence-electron chi connectivity index (χ1n) is 23.9. The predicted molar refractivity (Wildman–Crippen MR) is 295 cm³/mol. The van der Waals surface area contributed by atoms with Crippen molar-refractivity contribution in [3.63, 3.8) is 0 Å². The molecule has 0 spiro atoms. The monoisotopic (exact) mass is 894 g/mol. The lowest BCUT2D eigenvalue weighted by molar-refractivity contribution is 1.13. The zero-order valence-corrected chi connectivity index (χ0v) is 38.3. The van der Waals surface area contributed by atoms with E-state index in [1.807, 2.05) is 0 Å². The molecular formula is C66H46N4. The average Bonchev–Trinajstić information content (AvgIpc) is 4.00. The van der Waals surface area contributed by atoms with Crippen molar-refractivity contribution in [1.29, 1.82) is 0 Å². The van der Waals surface area contributed by atoms with Gasteiger partial charge < -0.3 is 18.9 Å². The third kappa shape index (κ3) is 7.36. The van der Waals surface area contributed by atoms with Gasteiger partial charge in [0.15, 0.2) is 0 Å². The predicted octanol–water partition coefficient (Wildman–Crippen LogP) is 18.2. The minimum Gasteiger partial charge on any atom is -0.311 e. The molecule has 0 bridgehead atoms. The number of para-hydroxylation sites is 4. The Bertz CT molecular complexity index is 3630. The van der Waals surface area contributed by atoms with Gasteiger partial charge >= 0.3 is 0 Å². The van der Waals surface area contributed by atoms with Crippen molar-refractivity contribution in [3.05, 3.63) is 279 Å². The van der Waals surface area contributed by atoms with Gasteiger partial charge in [0.2, 0.25) is 0 Å². The maximum absolute atomic E-state index is 2.45. The molecule has 4 heteroatoms. The number of hydrogen-bond acceptors (Lipinski definition) is 2. The molecule has 0 saturated carbocycles. The zero-order valence-electron chi connectivity index (χ0n) is 38.3. The second-order valence-corrected chi connectivity index (χ2v) is 17.9. The van der Waals surface area contributed by atoms with Gasteiger partial charge in [-0.1, -0.05) is 158 Å². The molecule has 0 fully saturated rings. The maximum atomic E-state index is 2.45. The number of benzene rings is 11. The summed E-state index contributed by atoms with van der Waals surface area (Å²) in [5.41, 5.74) is 15.7. The van der Waals surface area contributed by atoms with Crippen LogP contribution in [0.3, 0.4) is 0 Å². The summed E-state index contributed by atoms with van der Waals surface area (Å²) in [6, 6.07) is 101. The molecule has 13 rings (SSSR count). The van der Waals surface area contributed by atoms with Gasteiger partial charge in [-0.2, -0.15) is 0 Å². The molecule has 2 aromatic heterocycles. The van der Waals surface area contributed by atoms with E-state index in [1.165, 1.54) is 32.3 Å². The molecule has 2 heterocycles. The van der Waals surface area contributed by atoms with Crippen LogP contribution < -0.4 is 9.80 Å². The van der Waals surface area contributed by atoms with E-state index in [0.717, 1.165) is 79.0 Å². The van der Waals surface area contributed by atoms with Crippen LogP contribution in [0.2, 0.25) is 0 Å². The summed E-state index contributed by atoms with van der Waals surface area (Å²) in [5.74, 6) is 0. The van der Waals surface area contributed by atoms with Crippen molar-refractivity contribution >= 4 is 77.5 Å². The quantitative estimate of drug-likeness (QED) is 0.136. The Kier molecular flexibility index (Phi) is 10.1. The van der Waals surface area contributed by atoms with Crippen LogP contribution in [0.25, 0.3) is 77.2 Å². The molecule has 0 radical (unpaired) electrons. The SMILES string of the molecule is c1ccc(N(c2ccccc2)c2ccc(-c3cc4cc5c(cc(-c6ccc(N(c7ccccc7)c7ccccc7)cc6)n5-c5ccc6ccccc6c5)cc4n3-c3ccc4ccccc4c3)cc2)cc1. The number of hydrogen-bond donors (Lipinski definition) is 0. The Hall–Kier alpha value is -9.38. The molecule has 0 atom stereocenters. The van der Waals surface area contributed by atoms with Crippen molar-refractivity contribution in [2.75, 3.05) is 9.80 Å². The summed E-state index contributed by atoms with van der Waals surface area (Å²) in [5, 5.41) is 7.18. The first-order chi connectivity index (χ1) is 34.7. The molecule has 0 aliphatic carbocycles. The van der Waals surface area contributed by atoms with E-state index in [9.17, 15) is 0 Å². The maximum Gasteiger partial charge on any atom is 0.0542 e.